The molecule has 19 heavy (non-hydrogen) atoms. The summed E-state index contributed by atoms with van der Waals surface area (Å²) in [5, 5.41) is 6.65. The predicted octanol–water partition coefficient (Wildman–Crippen LogP) is 0.837. The van der Waals surface area contributed by atoms with Gasteiger partial charge in [-0.05, 0) is 25.9 Å². The molecule has 1 saturated heterocycles. The summed E-state index contributed by atoms with van der Waals surface area (Å²) in [5.41, 5.74) is 5.77. The molecule has 6 nitrogen and oxygen atoms in total. The van der Waals surface area contributed by atoms with Crippen LogP contribution in [0.3, 0.4) is 0 Å². The summed E-state index contributed by atoms with van der Waals surface area (Å²) in [5.74, 6) is 0.631. The number of carbonyl (C=O) groups is 1. The van der Waals surface area contributed by atoms with Gasteiger partial charge >= 0.3 is 0 Å². The second kappa shape index (κ2) is 5.75. The van der Waals surface area contributed by atoms with Crippen LogP contribution >= 0.6 is 11.3 Å². The first-order chi connectivity index (χ1) is 9.01. The molecular formula is C12H21N5OS. The molecule has 1 aliphatic rings. The van der Waals surface area contributed by atoms with Crippen LogP contribution in [-0.2, 0) is 0 Å². The molecule has 2 heterocycles. The highest BCUT2D eigenvalue weighted by molar-refractivity contribution is 7.18. The number of likely N-dealkylation sites (tertiary alicyclic amines) is 1. The summed E-state index contributed by atoms with van der Waals surface area (Å²) < 4.78 is 0. The molecule has 2 atom stereocenters. The minimum Gasteiger partial charge on any atom is -0.382 e. The molecule has 0 saturated carbocycles. The average Bonchev–Trinajstić information content (AvgIpc) is 2.74. The van der Waals surface area contributed by atoms with Crippen molar-refractivity contribution in [2.24, 2.45) is 5.92 Å². The number of nitrogens with zero attached hydrogens (tertiary/aromatic N) is 2. The van der Waals surface area contributed by atoms with Crippen LogP contribution in [0.2, 0.25) is 0 Å². The molecule has 0 spiro atoms. The van der Waals surface area contributed by atoms with Crippen LogP contribution in [0.5, 0.6) is 0 Å². The lowest BCUT2D eigenvalue weighted by atomic mass is 9.94. The number of rotatable bonds is 3. The monoisotopic (exact) mass is 283 g/mol. The van der Waals surface area contributed by atoms with E-state index < -0.39 is 0 Å². The van der Waals surface area contributed by atoms with Crippen LogP contribution in [0.25, 0.3) is 0 Å². The zero-order valence-electron chi connectivity index (χ0n) is 11.6. The predicted molar refractivity (Wildman–Crippen MR) is 78.6 cm³/mol. The SMILES string of the molecule is CNc1nc(N)c(C(=O)NC2CCN(C)CC2C)s1. The Balaban J connectivity index is 2.02. The zero-order chi connectivity index (χ0) is 14.0. The van der Waals surface area contributed by atoms with E-state index in [2.05, 4.69) is 34.5 Å². The second-order valence-electron chi connectivity index (χ2n) is 5.09. The van der Waals surface area contributed by atoms with Crippen LogP contribution in [0.15, 0.2) is 0 Å². The van der Waals surface area contributed by atoms with Crippen molar-refractivity contribution in [3.8, 4) is 0 Å². The topological polar surface area (TPSA) is 83.3 Å². The molecule has 4 N–H and O–H groups in total. The third-order valence-electron chi connectivity index (χ3n) is 3.50. The van der Waals surface area contributed by atoms with Gasteiger partial charge in [0, 0.05) is 19.6 Å². The highest BCUT2D eigenvalue weighted by Crippen LogP contribution is 2.25. The number of anilines is 2. The number of nitrogen functional groups attached to an aromatic ring is 1. The lowest BCUT2D eigenvalue weighted by Crippen LogP contribution is -2.48. The summed E-state index contributed by atoms with van der Waals surface area (Å²) in [6, 6.07) is 0.211. The van der Waals surface area contributed by atoms with Crippen molar-refractivity contribution < 1.29 is 4.79 Å². The molecule has 0 radical (unpaired) electrons. The number of hydrogen-bond acceptors (Lipinski definition) is 6. The van der Waals surface area contributed by atoms with E-state index in [1.807, 2.05) is 0 Å². The fourth-order valence-corrected chi connectivity index (χ4v) is 3.15. The van der Waals surface area contributed by atoms with Gasteiger partial charge in [0.25, 0.3) is 5.91 Å². The first kappa shape index (κ1) is 14.1. The summed E-state index contributed by atoms with van der Waals surface area (Å²) in [4.78, 5) is 19.1. The maximum Gasteiger partial charge on any atom is 0.265 e. The molecule has 0 aliphatic carbocycles. The van der Waals surface area contributed by atoms with Gasteiger partial charge < -0.3 is 21.3 Å². The van der Waals surface area contributed by atoms with Crippen molar-refractivity contribution in [2.75, 3.05) is 38.2 Å². The summed E-state index contributed by atoms with van der Waals surface area (Å²) in [6.07, 6.45) is 0.973. The highest BCUT2D eigenvalue weighted by atomic mass is 32.1. The lowest BCUT2D eigenvalue weighted by molar-refractivity contribution is 0.0888. The summed E-state index contributed by atoms with van der Waals surface area (Å²) >= 11 is 1.29. The number of carbonyl (C=O) groups excluding carboxylic acids is 1. The molecular weight excluding hydrogens is 262 g/mol. The van der Waals surface area contributed by atoms with Gasteiger partial charge in [-0.25, -0.2) is 4.98 Å². The molecule has 2 rings (SSSR count). The van der Waals surface area contributed by atoms with Crippen molar-refractivity contribution in [1.82, 2.24) is 15.2 Å². The molecule has 2 unspecified atom stereocenters. The Morgan fingerprint density at radius 2 is 2.32 bits per heavy atom. The molecule has 1 fully saturated rings. The molecule has 0 bridgehead atoms. The summed E-state index contributed by atoms with van der Waals surface area (Å²) in [7, 11) is 3.87. The normalized spacial score (nSPS) is 24.2. The lowest BCUT2D eigenvalue weighted by Gasteiger charge is -2.35. The van der Waals surface area contributed by atoms with Crippen LogP contribution < -0.4 is 16.4 Å². The molecule has 1 amide bonds. The number of nitrogens with two attached hydrogens (primary N) is 1. The number of hydrogen-bond donors (Lipinski definition) is 3. The minimum absolute atomic E-state index is 0.113. The van der Waals surface area contributed by atoms with E-state index in [-0.39, 0.29) is 11.9 Å². The van der Waals surface area contributed by atoms with Crippen molar-refractivity contribution in [3.63, 3.8) is 0 Å². The third kappa shape index (κ3) is 3.16. The Morgan fingerprint density at radius 3 is 2.89 bits per heavy atom. The Bertz CT molecular complexity index is 461. The van der Waals surface area contributed by atoms with Gasteiger partial charge in [-0.3, -0.25) is 4.79 Å². The van der Waals surface area contributed by atoms with Gasteiger partial charge in [-0.1, -0.05) is 18.3 Å². The van der Waals surface area contributed by atoms with Gasteiger partial charge in [0.2, 0.25) is 0 Å². The Labute approximate surface area is 117 Å². The van der Waals surface area contributed by atoms with Crippen molar-refractivity contribution >= 4 is 28.2 Å². The van der Waals surface area contributed by atoms with E-state index in [0.29, 0.717) is 21.7 Å². The molecule has 0 aromatic carbocycles. The molecule has 1 aromatic rings. The first-order valence-corrected chi connectivity index (χ1v) is 7.26. The van der Waals surface area contributed by atoms with E-state index in [0.717, 1.165) is 19.5 Å². The quantitative estimate of drug-likeness (QED) is 0.765. The maximum atomic E-state index is 12.2. The zero-order valence-corrected chi connectivity index (χ0v) is 12.4. The number of amides is 1. The van der Waals surface area contributed by atoms with E-state index in [9.17, 15) is 4.79 Å². The average molecular weight is 283 g/mol. The van der Waals surface area contributed by atoms with Gasteiger partial charge in [-0.2, -0.15) is 0 Å². The van der Waals surface area contributed by atoms with Crippen LogP contribution in [0.4, 0.5) is 10.9 Å². The van der Waals surface area contributed by atoms with E-state index in [1.165, 1.54) is 11.3 Å². The van der Waals surface area contributed by atoms with Gasteiger partial charge in [0.1, 0.15) is 10.7 Å². The van der Waals surface area contributed by atoms with Gasteiger partial charge in [-0.15, -0.1) is 0 Å². The van der Waals surface area contributed by atoms with E-state index in [1.54, 1.807) is 7.05 Å². The number of aromatic nitrogens is 1. The fourth-order valence-electron chi connectivity index (χ4n) is 2.40. The van der Waals surface area contributed by atoms with Gasteiger partial charge in [0.05, 0.1) is 0 Å². The fraction of sp³-hybridized carbons (Fsp3) is 0.667. The third-order valence-corrected chi connectivity index (χ3v) is 4.59. The minimum atomic E-state index is -0.113. The number of thiazole rings is 1. The molecule has 1 aromatic heterocycles. The second-order valence-corrected chi connectivity index (χ2v) is 6.09. The van der Waals surface area contributed by atoms with Crippen LogP contribution in [-0.4, -0.2) is 49.0 Å². The van der Waals surface area contributed by atoms with Crippen LogP contribution in [0.1, 0.15) is 23.0 Å². The smallest absolute Gasteiger partial charge is 0.265 e. The first-order valence-electron chi connectivity index (χ1n) is 6.44. The van der Waals surface area contributed by atoms with Crippen molar-refractivity contribution in [3.05, 3.63) is 4.88 Å². The van der Waals surface area contributed by atoms with E-state index >= 15 is 0 Å². The Kier molecular flexibility index (Phi) is 4.26. The van der Waals surface area contributed by atoms with Crippen molar-refractivity contribution in [2.45, 2.75) is 19.4 Å². The Morgan fingerprint density at radius 1 is 1.58 bits per heavy atom. The standard InChI is InChI=1S/C12H21N5OS/c1-7-6-17(3)5-4-8(7)15-11(18)9-10(13)16-12(14-2)19-9/h7-8H,4-6,13H2,1-3H3,(H,14,16)(H,15,18). The molecule has 106 valence electrons. The maximum absolute atomic E-state index is 12.2. The van der Waals surface area contributed by atoms with Crippen LogP contribution in [0, 0.1) is 5.92 Å². The molecule has 1 aliphatic heterocycles. The van der Waals surface area contributed by atoms with E-state index in [4.69, 9.17) is 5.73 Å². The van der Waals surface area contributed by atoms with Crippen molar-refractivity contribution in [1.29, 1.82) is 0 Å². The highest BCUT2D eigenvalue weighted by Gasteiger charge is 2.27. The largest absolute Gasteiger partial charge is 0.382 e. The molecule has 7 heteroatoms. The number of nitrogens with one attached hydrogen (secondary N) is 2. The van der Waals surface area contributed by atoms with Gasteiger partial charge in [0.15, 0.2) is 5.13 Å². The Hall–Kier alpha value is -1.34. The number of piperidine rings is 1. The summed E-state index contributed by atoms with van der Waals surface area (Å²) in [6.45, 7) is 4.18.